The number of anilines is 1. The van der Waals surface area contributed by atoms with Crippen LogP contribution in [-0.4, -0.2) is 35.2 Å². The minimum absolute atomic E-state index is 0.0835. The summed E-state index contributed by atoms with van der Waals surface area (Å²) in [5.41, 5.74) is 0.997. The molecule has 2 fully saturated rings. The third kappa shape index (κ3) is 2.64. The maximum absolute atomic E-state index is 14.3. The van der Waals surface area contributed by atoms with Crippen LogP contribution in [0.4, 0.5) is 15.9 Å². The Morgan fingerprint density at radius 3 is 2.56 bits per heavy atom. The number of hydrogen-bond acceptors (Lipinski definition) is 5. The van der Waals surface area contributed by atoms with Crippen molar-refractivity contribution in [2.24, 2.45) is 0 Å². The van der Waals surface area contributed by atoms with E-state index in [-0.39, 0.29) is 28.9 Å². The molecule has 2 aliphatic heterocycles. The maximum Gasteiger partial charge on any atom is 0.319 e. The number of rotatable bonds is 3. The van der Waals surface area contributed by atoms with Crippen LogP contribution < -0.4 is 4.90 Å². The minimum Gasteiger partial charge on any atom is -0.377 e. The summed E-state index contributed by atoms with van der Waals surface area (Å²) in [4.78, 5) is 17.9. The number of aromatic nitrogens is 1. The fourth-order valence-corrected chi connectivity index (χ4v) is 3.87. The molecule has 2 saturated heterocycles. The van der Waals surface area contributed by atoms with Crippen LogP contribution in [0.1, 0.15) is 18.5 Å². The molecule has 0 N–H and O–H groups in total. The van der Waals surface area contributed by atoms with Gasteiger partial charge in [0, 0.05) is 11.3 Å². The number of benzene rings is 1. The van der Waals surface area contributed by atoms with E-state index in [0.29, 0.717) is 24.7 Å². The number of ether oxygens (including phenoxy) is 1. The van der Waals surface area contributed by atoms with Crippen molar-refractivity contribution in [3.63, 3.8) is 0 Å². The molecule has 6 nitrogen and oxygen atoms in total. The van der Waals surface area contributed by atoms with Crippen molar-refractivity contribution in [3.05, 3.63) is 52.0 Å². The zero-order valence-corrected chi connectivity index (χ0v) is 13.8. The van der Waals surface area contributed by atoms with Gasteiger partial charge < -0.3 is 9.64 Å². The van der Waals surface area contributed by atoms with Crippen molar-refractivity contribution in [2.75, 3.05) is 18.1 Å². The van der Waals surface area contributed by atoms with E-state index in [1.165, 1.54) is 6.07 Å². The van der Waals surface area contributed by atoms with Crippen molar-refractivity contribution in [1.29, 1.82) is 0 Å². The number of aryl methyl sites for hydroxylation is 1. The van der Waals surface area contributed by atoms with Crippen molar-refractivity contribution in [3.8, 4) is 11.1 Å². The van der Waals surface area contributed by atoms with Crippen molar-refractivity contribution < 1.29 is 14.1 Å². The van der Waals surface area contributed by atoms with Crippen molar-refractivity contribution in [2.45, 2.75) is 31.8 Å². The molecular formula is C18H18FN3O3. The largest absolute Gasteiger partial charge is 0.377 e. The van der Waals surface area contributed by atoms with E-state index in [1.807, 2.05) is 4.90 Å². The van der Waals surface area contributed by atoms with Gasteiger partial charge in [-0.3, -0.25) is 10.1 Å². The Morgan fingerprint density at radius 1 is 1.24 bits per heavy atom. The first kappa shape index (κ1) is 16.0. The topological polar surface area (TPSA) is 68.5 Å². The van der Waals surface area contributed by atoms with Crippen LogP contribution in [0.3, 0.4) is 0 Å². The van der Waals surface area contributed by atoms with E-state index in [9.17, 15) is 14.5 Å². The summed E-state index contributed by atoms with van der Waals surface area (Å²) in [6.07, 6.45) is 1.85. The Labute approximate surface area is 144 Å². The predicted octanol–water partition coefficient (Wildman–Crippen LogP) is 3.47. The van der Waals surface area contributed by atoms with E-state index in [1.54, 1.807) is 31.2 Å². The smallest absolute Gasteiger partial charge is 0.319 e. The van der Waals surface area contributed by atoms with Gasteiger partial charge >= 0.3 is 5.69 Å². The summed E-state index contributed by atoms with van der Waals surface area (Å²) >= 11 is 0. The van der Waals surface area contributed by atoms with Crippen LogP contribution in [0.5, 0.6) is 0 Å². The van der Waals surface area contributed by atoms with E-state index >= 15 is 0 Å². The fourth-order valence-electron chi connectivity index (χ4n) is 3.87. The van der Waals surface area contributed by atoms with Crippen LogP contribution in [0.25, 0.3) is 11.1 Å². The van der Waals surface area contributed by atoms with E-state index < -0.39 is 10.7 Å². The van der Waals surface area contributed by atoms with Crippen LogP contribution in [0.2, 0.25) is 0 Å². The molecule has 0 amide bonds. The number of hydrogen-bond donors (Lipinski definition) is 0. The van der Waals surface area contributed by atoms with E-state index in [0.717, 1.165) is 12.8 Å². The SMILES string of the molecule is Cc1cc(-c2ccccc2F)c([N+](=O)[O-])c(N2[C@@H]3CC[C@H]2COC3)n1. The third-order valence-electron chi connectivity index (χ3n) is 4.93. The second kappa shape index (κ2) is 6.07. The molecule has 130 valence electrons. The first-order chi connectivity index (χ1) is 12.1. The lowest BCUT2D eigenvalue weighted by Crippen LogP contribution is -2.46. The van der Waals surface area contributed by atoms with Crippen LogP contribution >= 0.6 is 0 Å². The van der Waals surface area contributed by atoms with Gasteiger partial charge in [-0.05, 0) is 31.9 Å². The second-order valence-electron chi connectivity index (χ2n) is 6.55. The van der Waals surface area contributed by atoms with Crippen molar-refractivity contribution in [1.82, 2.24) is 4.98 Å². The highest BCUT2D eigenvalue weighted by molar-refractivity contribution is 5.82. The van der Waals surface area contributed by atoms with Crippen LogP contribution in [0, 0.1) is 22.9 Å². The molecule has 1 aromatic heterocycles. The number of morpholine rings is 1. The lowest BCUT2D eigenvalue weighted by Gasteiger charge is -2.35. The Hall–Kier alpha value is -2.54. The molecule has 0 aliphatic carbocycles. The minimum atomic E-state index is -0.480. The van der Waals surface area contributed by atoms with Crippen molar-refractivity contribution >= 4 is 11.5 Å². The van der Waals surface area contributed by atoms with Gasteiger partial charge in [0.1, 0.15) is 5.82 Å². The van der Waals surface area contributed by atoms with Gasteiger partial charge in [0.05, 0.1) is 35.8 Å². The van der Waals surface area contributed by atoms with Gasteiger partial charge in [0.2, 0.25) is 5.82 Å². The third-order valence-corrected chi connectivity index (χ3v) is 4.93. The summed E-state index contributed by atoms with van der Waals surface area (Å²) in [6.45, 7) is 2.86. The fraction of sp³-hybridized carbons (Fsp3) is 0.389. The maximum atomic E-state index is 14.3. The first-order valence-corrected chi connectivity index (χ1v) is 8.33. The molecule has 3 heterocycles. The zero-order valence-electron chi connectivity index (χ0n) is 13.8. The van der Waals surface area contributed by atoms with E-state index in [4.69, 9.17) is 4.74 Å². The summed E-state index contributed by atoms with van der Waals surface area (Å²) in [5, 5.41) is 11.9. The number of halogens is 1. The molecule has 0 radical (unpaired) electrons. The van der Waals surface area contributed by atoms with Gasteiger partial charge in [-0.1, -0.05) is 18.2 Å². The molecule has 0 spiro atoms. The number of nitrogens with zero attached hydrogens (tertiary/aromatic N) is 3. The van der Waals surface area contributed by atoms with Gasteiger partial charge in [-0.15, -0.1) is 0 Å². The van der Waals surface area contributed by atoms with E-state index in [2.05, 4.69) is 4.98 Å². The monoisotopic (exact) mass is 343 g/mol. The van der Waals surface area contributed by atoms with Crippen LogP contribution in [-0.2, 0) is 4.74 Å². The molecule has 2 atom stereocenters. The molecular weight excluding hydrogens is 325 g/mol. The van der Waals surface area contributed by atoms with Gasteiger partial charge in [-0.25, -0.2) is 9.37 Å². The summed E-state index contributed by atoms with van der Waals surface area (Å²) in [7, 11) is 0. The highest BCUT2D eigenvalue weighted by atomic mass is 19.1. The molecule has 7 heteroatoms. The number of nitro groups is 1. The lowest BCUT2D eigenvalue weighted by atomic mass is 10.0. The van der Waals surface area contributed by atoms with Gasteiger partial charge in [0.15, 0.2) is 0 Å². The first-order valence-electron chi connectivity index (χ1n) is 8.33. The highest BCUT2D eigenvalue weighted by Gasteiger charge is 2.42. The lowest BCUT2D eigenvalue weighted by molar-refractivity contribution is -0.383. The molecule has 0 saturated carbocycles. The molecule has 2 bridgehead atoms. The second-order valence-corrected chi connectivity index (χ2v) is 6.55. The molecule has 2 aliphatic rings. The number of fused-ring (bicyclic) bond motifs is 2. The molecule has 0 unspecified atom stereocenters. The Kier molecular flexibility index (Phi) is 3.88. The van der Waals surface area contributed by atoms with Gasteiger partial charge in [-0.2, -0.15) is 0 Å². The number of pyridine rings is 1. The predicted molar refractivity (Wildman–Crippen MR) is 91.1 cm³/mol. The van der Waals surface area contributed by atoms with Crippen LogP contribution in [0.15, 0.2) is 30.3 Å². The quantitative estimate of drug-likeness (QED) is 0.630. The molecule has 2 aromatic rings. The molecule has 25 heavy (non-hydrogen) atoms. The molecule has 1 aromatic carbocycles. The summed E-state index contributed by atoms with van der Waals surface area (Å²) in [5.74, 6) is -0.147. The average molecular weight is 343 g/mol. The molecule has 4 rings (SSSR count). The Balaban J connectivity index is 1.94. The van der Waals surface area contributed by atoms with Gasteiger partial charge in [0.25, 0.3) is 0 Å². The summed E-state index contributed by atoms with van der Waals surface area (Å²) in [6, 6.07) is 7.88. The Morgan fingerprint density at radius 2 is 1.92 bits per heavy atom. The highest BCUT2D eigenvalue weighted by Crippen LogP contribution is 2.43. The normalized spacial score (nSPS) is 22.2. The summed E-state index contributed by atoms with van der Waals surface area (Å²) < 4.78 is 19.9. The Bertz CT molecular complexity index is 826. The average Bonchev–Trinajstić information content (AvgIpc) is 2.83. The zero-order chi connectivity index (χ0) is 17.6. The standard InChI is InChI=1S/C18H18FN3O3/c1-11-8-15(14-4-2-3-5-16(14)19)17(22(23)24)18(20-11)21-12-6-7-13(21)10-25-9-12/h2-5,8,12-13H,6-7,9-10H2,1H3/t12-,13+.